The average Bonchev–Trinajstić information content (AvgIpc) is 3.09. The van der Waals surface area contributed by atoms with Crippen molar-refractivity contribution in [1.29, 1.82) is 0 Å². The van der Waals surface area contributed by atoms with Crippen LogP contribution in [0.15, 0.2) is 53.4 Å². The molecule has 3 aromatic rings. The Morgan fingerprint density at radius 2 is 1.94 bits per heavy atom. The quantitative estimate of drug-likeness (QED) is 0.634. The number of nitrogens with zero attached hydrogens (tertiary/aromatic N) is 3. The molecule has 2 heterocycles. The van der Waals surface area contributed by atoms with Gasteiger partial charge in [0.15, 0.2) is 0 Å². The van der Waals surface area contributed by atoms with Gasteiger partial charge < -0.3 is 9.88 Å². The number of fused-ring (bicyclic) bond motifs is 1. The Bertz CT molecular complexity index is 1190. The minimum atomic E-state index is -3.76. The molecule has 0 radical (unpaired) electrons. The van der Waals surface area contributed by atoms with Crippen LogP contribution in [-0.2, 0) is 21.4 Å². The van der Waals surface area contributed by atoms with Crippen LogP contribution in [0.3, 0.4) is 0 Å². The highest BCUT2D eigenvalue weighted by atomic mass is 32.2. The van der Waals surface area contributed by atoms with Crippen LogP contribution in [0, 0.1) is 18.7 Å². The average molecular weight is 445 g/mol. The van der Waals surface area contributed by atoms with E-state index in [0.717, 1.165) is 29.0 Å². The molecule has 0 bridgehead atoms. The number of para-hydroxylation sites is 2. The first-order chi connectivity index (χ1) is 14.9. The molecule has 0 spiro atoms. The predicted octanol–water partition coefficient (Wildman–Crippen LogP) is 2.70. The van der Waals surface area contributed by atoms with Gasteiger partial charge in [0.2, 0.25) is 15.9 Å². The number of nitrogens with one attached hydrogen (secondary N) is 1. The first-order valence-electron chi connectivity index (χ1n) is 10.3. The summed E-state index contributed by atoms with van der Waals surface area (Å²) in [5.74, 6) is -0.175. The summed E-state index contributed by atoms with van der Waals surface area (Å²) in [5.41, 5.74) is 1.93. The molecule has 0 unspecified atom stereocenters. The SMILES string of the molecule is Cc1nc2ccccc2n1CCNC(=O)[C@@H]1CCCN(S(=O)(=O)c2ccc(F)cc2)C1. The van der Waals surface area contributed by atoms with Gasteiger partial charge in [0.1, 0.15) is 11.6 Å². The van der Waals surface area contributed by atoms with Crippen molar-refractivity contribution in [2.45, 2.75) is 31.2 Å². The van der Waals surface area contributed by atoms with Crippen LogP contribution in [-0.4, -0.2) is 47.8 Å². The summed E-state index contributed by atoms with van der Waals surface area (Å²) in [7, 11) is -3.76. The number of hydrogen-bond donors (Lipinski definition) is 1. The third-order valence-corrected chi connectivity index (χ3v) is 7.57. The molecule has 31 heavy (non-hydrogen) atoms. The second-order valence-electron chi connectivity index (χ2n) is 7.75. The van der Waals surface area contributed by atoms with E-state index >= 15 is 0 Å². The maximum atomic E-state index is 13.1. The van der Waals surface area contributed by atoms with Crippen molar-refractivity contribution >= 4 is 27.0 Å². The highest BCUT2D eigenvalue weighted by Crippen LogP contribution is 2.24. The van der Waals surface area contributed by atoms with Gasteiger partial charge >= 0.3 is 0 Å². The van der Waals surface area contributed by atoms with E-state index in [1.54, 1.807) is 0 Å². The fourth-order valence-corrected chi connectivity index (χ4v) is 5.57. The van der Waals surface area contributed by atoms with Crippen molar-refractivity contribution in [1.82, 2.24) is 19.2 Å². The topological polar surface area (TPSA) is 84.3 Å². The maximum Gasteiger partial charge on any atom is 0.243 e. The zero-order valence-electron chi connectivity index (χ0n) is 17.3. The molecule has 0 saturated carbocycles. The van der Waals surface area contributed by atoms with Crippen LogP contribution in [0.1, 0.15) is 18.7 Å². The molecule has 1 aromatic heterocycles. The second kappa shape index (κ2) is 8.76. The van der Waals surface area contributed by atoms with Gasteiger partial charge in [-0.25, -0.2) is 17.8 Å². The number of imidazole rings is 1. The number of benzene rings is 2. The number of halogens is 1. The van der Waals surface area contributed by atoms with Gasteiger partial charge in [-0.1, -0.05) is 12.1 Å². The molecule has 7 nitrogen and oxygen atoms in total. The third kappa shape index (κ3) is 4.47. The van der Waals surface area contributed by atoms with E-state index in [2.05, 4.69) is 14.9 Å². The van der Waals surface area contributed by atoms with E-state index in [4.69, 9.17) is 0 Å². The normalized spacial score (nSPS) is 17.7. The Morgan fingerprint density at radius 3 is 2.71 bits per heavy atom. The van der Waals surface area contributed by atoms with Crippen molar-refractivity contribution in [3.05, 3.63) is 60.2 Å². The summed E-state index contributed by atoms with van der Waals surface area (Å²) >= 11 is 0. The molecule has 1 N–H and O–H groups in total. The lowest BCUT2D eigenvalue weighted by molar-refractivity contribution is -0.126. The lowest BCUT2D eigenvalue weighted by Crippen LogP contribution is -2.45. The maximum absolute atomic E-state index is 13.1. The molecule has 164 valence electrons. The minimum absolute atomic E-state index is 0.0393. The Hall–Kier alpha value is -2.78. The van der Waals surface area contributed by atoms with E-state index in [0.29, 0.717) is 32.5 Å². The number of carbonyl (C=O) groups excluding carboxylic acids is 1. The van der Waals surface area contributed by atoms with Gasteiger partial charge in [-0.05, 0) is 56.2 Å². The van der Waals surface area contributed by atoms with Crippen LogP contribution < -0.4 is 5.32 Å². The van der Waals surface area contributed by atoms with E-state index in [1.807, 2.05) is 31.2 Å². The van der Waals surface area contributed by atoms with Crippen molar-refractivity contribution < 1.29 is 17.6 Å². The van der Waals surface area contributed by atoms with Crippen molar-refractivity contribution in [3.63, 3.8) is 0 Å². The lowest BCUT2D eigenvalue weighted by Gasteiger charge is -2.31. The first kappa shape index (κ1) is 21.5. The molecule has 1 atom stereocenters. The molecule has 1 amide bonds. The third-order valence-electron chi connectivity index (χ3n) is 5.69. The van der Waals surface area contributed by atoms with Crippen LogP contribution in [0.4, 0.5) is 4.39 Å². The molecule has 1 aliphatic rings. The summed E-state index contributed by atoms with van der Waals surface area (Å²) in [5, 5.41) is 2.94. The highest BCUT2D eigenvalue weighted by molar-refractivity contribution is 7.89. The van der Waals surface area contributed by atoms with E-state index < -0.39 is 21.8 Å². The van der Waals surface area contributed by atoms with Crippen LogP contribution in [0.2, 0.25) is 0 Å². The largest absolute Gasteiger partial charge is 0.354 e. The van der Waals surface area contributed by atoms with Gasteiger partial charge in [-0.15, -0.1) is 0 Å². The smallest absolute Gasteiger partial charge is 0.243 e. The monoisotopic (exact) mass is 444 g/mol. The highest BCUT2D eigenvalue weighted by Gasteiger charge is 2.33. The van der Waals surface area contributed by atoms with Crippen LogP contribution in [0.5, 0.6) is 0 Å². The zero-order valence-corrected chi connectivity index (χ0v) is 18.1. The van der Waals surface area contributed by atoms with Crippen molar-refractivity contribution in [2.75, 3.05) is 19.6 Å². The van der Waals surface area contributed by atoms with Gasteiger partial charge in [0.25, 0.3) is 0 Å². The fourth-order valence-electron chi connectivity index (χ4n) is 4.04. The van der Waals surface area contributed by atoms with Crippen LogP contribution >= 0.6 is 0 Å². The number of aromatic nitrogens is 2. The molecule has 1 saturated heterocycles. The summed E-state index contributed by atoms with van der Waals surface area (Å²) in [4.78, 5) is 17.3. The van der Waals surface area contributed by atoms with E-state index in [1.165, 1.54) is 16.4 Å². The molecule has 1 fully saturated rings. The molecule has 4 rings (SSSR count). The Morgan fingerprint density at radius 1 is 1.19 bits per heavy atom. The van der Waals surface area contributed by atoms with Crippen molar-refractivity contribution in [2.24, 2.45) is 5.92 Å². The molecule has 9 heteroatoms. The predicted molar refractivity (Wildman–Crippen MR) is 115 cm³/mol. The number of sulfonamides is 1. The molecule has 0 aliphatic carbocycles. The minimum Gasteiger partial charge on any atom is -0.354 e. The first-order valence-corrected chi connectivity index (χ1v) is 11.8. The van der Waals surface area contributed by atoms with Gasteiger partial charge in [0, 0.05) is 26.2 Å². The number of hydrogen-bond acceptors (Lipinski definition) is 4. The van der Waals surface area contributed by atoms with Gasteiger partial charge in [-0.3, -0.25) is 4.79 Å². The van der Waals surface area contributed by atoms with Gasteiger partial charge in [0.05, 0.1) is 21.8 Å². The number of aryl methyl sites for hydroxylation is 1. The van der Waals surface area contributed by atoms with Crippen LogP contribution in [0.25, 0.3) is 11.0 Å². The fraction of sp³-hybridized carbons (Fsp3) is 0.364. The second-order valence-corrected chi connectivity index (χ2v) is 9.68. The molecule has 2 aromatic carbocycles. The Labute approximate surface area is 180 Å². The number of rotatable bonds is 6. The Kier molecular flexibility index (Phi) is 6.06. The van der Waals surface area contributed by atoms with E-state index in [9.17, 15) is 17.6 Å². The standard InChI is InChI=1S/C22H25FN4O3S/c1-16-25-20-6-2-3-7-21(20)27(16)14-12-24-22(28)17-5-4-13-26(15-17)31(29,30)19-10-8-18(23)9-11-19/h2-3,6-11,17H,4-5,12-15H2,1H3,(H,24,28)/t17-/m1/s1. The van der Waals surface area contributed by atoms with Crippen molar-refractivity contribution in [3.8, 4) is 0 Å². The summed E-state index contributed by atoms with van der Waals surface area (Å²) in [6.45, 7) is 3.42. The Balaban J connectivity index is 1.37. The van der Waals surface area contributed by atoms with E-state index in [-0.39, 0.29) is 17.3 Å². The zero-order chi connectivity index (χ0) is 22.0. The van der Waals surface area contributed by atoms with Gasteiger partial charge in [-0.2, -0.15) is 4.31 Å². The lowest BCUT2D eigenvalue weighted by atomic mass is 9.99. The number of carbonyl (C=O) groups is 1. The summed E-state index contributed by atoms with van der Waals surface area (Å²) in [6, 6.07) is 12.6. The molecular formula is C22H25FN4O3S. The number of piperidine rings is 1. The summed E-state index contributed by atoms with van der Waals surface area (Å²) in [6.07, 6.45) is 1.23. The molecular weight excluding hydrogens is 419 g/mol. The molecule has 1 aliphatic heterocycles. The number of amides is 1. The summed E-state index contributed by atoms with van der Waals surface area (Å²) < 4.78 is 42.2.